The average Bonchev–Trinajstić information content (AvgIpc) is 2.50. The van der Waals surface area contributed by atoms with E-state index in [1.165, 1.54) is 16.6 Å². The first kappa shape index (κ1) is 23.6. The summed E-state index contributed by atoms with van der Waals surface area (Å²) in [7, 11) is 1.45. The van der Waals surface area contributed by atoms with Gasteiger partial charge in [0.15, 0.2) is 0 Å². The van der Waals surface area contributed by atoms with Crippen molar-refractivity contribution in [1.29, 1.82) is 0 Å². The largest absolute Gasteiger partial charge is 1.00 e. The van der Waals surface area contributed by atoms with Gasteiger partial charge in [0.25, 0.3) is 0 Å². The Morgan fingerprint density at radius 3 is 2.11 bits per heavy atom. The third kappa shape index (κ3) is 6.63. The normalized spacial score (nSPS) is 12.9. The molecule has 1 aliphatic carbocycles. The zero-order valence-corrected chi connectivity index (χ0v) is 15.3. The summed E-state index contributed by atoms with van der Waals surface area (Å²) in [6.45, 7) is 0. The van der Waals surface area contributed by atoms with Crippen molar-refractivity contribution in [2.45, 2.75) is 33.8 Å². The molecule has 0 saturated carbocycles. The predicted molar refractivity (Wildman–Crippen MR) is 60.9 cm³/mol. The first-order valence-corrected chi connectivity index (χ1v) is 12.4. The van der Waals surface area contributed by atoms with Crippen LogP contribution in [0.5, 0.6) is 0 Å². The Balaban J connectivity index is -0.000000750. The molecule has 0 unspecified atom stereocenters. The quantitative estimate of drug-likeness (QED) is 0.375. The summed E-state index contributed by atoms with van der Waals surface area (Å²) >= 11 is -2.40. The van der Waals surface area contributed by atoms with E-state index in [4.69, 9.17) is 4.74 Å². The van der Waals surface area contributed by atoms with Crippen LogP contribution < -0.4 is 37.2 Å². The molecule has 0 bridgehead atoms. The van der Waals surface area contributed by atoms with E-state index in [-0.39, 0.29) is 43.2 Å². The molecule has 0 radical (unpaired) electrons. The number of carbonyl (C=O) groups excluding carboxylic acids is 1. The molecular formula is C12H21Cl3O2Ti. The van der Waals surface area contributed by atoms with Gasteiger partial charge in [-0.2, -0.15) is 0 Å². The summed E-state index contributed by atoms with van der Waals surface area (Å²) in [5, 5.41) is 9.54. The van der Waals surface area contributed by atoms with Crippen molar-refractivity contribution in [3.8, 4) is 0 Å². The van der Waals surface area contributed by atoms with Gasteiger partial charge in [0.2, 0.25) is 0 Å². The number of esters is 1. The van der Waals surface area contributed by atoms with E-state index >= 15 is 0 Å². The van der Waals surface area contributed by atoms with Crippen molar-refractivity contribution in [2.24, 2.45) is 0 Å². The van der Waals surface area contributed by atoms with Crippen molar-refractivity contribution in [2.75, 3.05) is 7.11 Å². The number of allylic oxidation sites excluding steroid dienone is 3. The Hall–Kier alpha value is 0.534. The number of hydrogen-bond acceptors (Lipinski definition) is 2. The number of carbonyl (C=O) groups is 1. The molecule has 18 heavy (non-hydrogen) atoms. The zero-order chi connectivity index (χ0) is 11.7. The molecule has 1 rings (SSSR count). The minimum absolute atomic E-state index is 0. The number of methoxy groups -OCH3 is 1. The Morgan fingerprint density at radius 2 is 1.72 bits per heavy atom. The van der Waals surface area contributed by atoms with Crippen molar-refractivity contribution >= 4 is 5.97 Å². The maximum absolute atomic E-state index is 11.3. The van der Waals surface area contributed by atoms with Crippen molar-refractivity contribution in [1.82, 2.24) is 0 Å². The Labute approximate surface area is 130 Å². The van der Waals surface area contributed by atoms with Gasteiger partial charge in [-0.1, -0.05) is 0 Å². The van der Waals surface area contributed by atoms with E-state index in [1.807, 2.05) is 0 Å². The molecule has 0 fully saturated rings. The fourth-order valence-electron chi connectivity index (χ4n) is 1.99. The van der Waals surface area contributed by atoms with Crippen molar-refractivity contribution in [3.63, 3.8) is 0 Å². The van der Waals surface area contributed by atoms with Gasteiger partial charge in [0.1, 0.15) is 0 Å². The molecular weight excluding hydrogens is 330 g/mol. The minimum Gasteiger partial charge on any atom is -1.00 e. The van der Waals surface area contributed by atoms with E-state index in [0.717, 1.165) is 6.42 Å². The van der Waals surface area contributed by atoms with Crippen LogP contribution in [-0.4, -0.2) is 13.1 Å². The topological polar surface area (TPSA) is 26.3 Å². The molecule has 0 amide bonds. The van der Waals surface area contributed by atoms with Gasteiger partial charge in [-0.15, -0.1) is 0 Å². The standard InChI is InChI=1S/C8H9O2.4CH3.3ClH.Ti/c1-10-8(9)6-7-4-2-3-5-7;;;;;;;;/h2,4H,3,6H2,1H3;4*1H3;3*1H;/q;;;;;;;;+3/p-3. The fraction of sp³-hybridized carbons (Fsp3) is 0.583. The molecule has 0 heterocycles. The average molecular weight is 352 g/mol. The first-order chi connectivity index (χ1) is 6.71. The molecule has 0 spiro atoms. The van der Waals surface area contributed by atoms with Crippen LogP contribution >= 0.6 is 0 Å². The van der Waals surface area contributed by atoms with Crippen LogP contribution in [0.2, 0.25) is 20.9 Å². The second-order valence-corrected chi connectivity index (χ2v) is 19.8. The maximum Gasteiger partial charge on any atom is -1.00 e. The van der Waals surface area contributed by atoms with Crippen LogP contribution in [0.3, 0.4) is 0 Å². The third-order valence-electron chi connectivity index (χ3n) is 2.80. The molecule has 0 aromatic rings. The van der Waals surface area contributed by atoms with Crippen molar-refractivity contribution < 1.29 is 62.1 Å². The summed E-state index contributed by atoms with van der Waals surface area (Å²) in [5.74, 6) is -0.134. The van der Waals surface area contributed by atoms with Crippen LogP contribution in [0, 0.1) is 0 Å². The summed E-state index contributed by atoms with van der Waals surface area (Å²) < 4.78 is 6.25. The molecule has 1 aliphatic rings. The first-order valence-electron chi connectivity index (χ1n) is 5.41. The minimum atomic E-state index is -2.40. The van der Waals surface area contributed by atoms with Crippen LogP contribution in [0.15, 0.2) is 21.6 Å². The molecule has 0 aliphatic heterocycles. The second-order valence-electron chi connectivity index (χ2n) is 6.36. The molecule has 106 valence electrons. The van der Waals surface area contributed by atoms with Crippen molar-refractivity contribution in [3.05, 3.63) is 21.6 Å². The van der Waals surface area contributed by atoms with Gasteiger partial charge < -0.3 is 37.2 Å². The zero-order valence-electron chi connectivity index (χ0n) is 11.5. The summed E-state index contributed by atoms with van der Waals surface area (Å²) in [5.41, 5.74) is 1.20. The maximum atomic E-state index is 11.3. The summed E-state index contributed by atoms with van der Waals surface area (Å²) in [4.78, 5) is 11.3. The van der Waals surface area contributed by atoms with Crippen LogP contribution in [-0.2, 0) is 24.8 Å². The second kappa shape index (κ2) is 7.96. The monoisotopic (exact) mass is 350 g/mol. The molecule has 6 heteroatoms. The number of rotatable bonds is 3. The molecule has 0 aromatic carbocycles. The number of ether oxygens (including phenoxy) is 1. The molecule has 0 saturated heterocycles. The number of halogens is 3. The Kier molecular flexibility index (Phi) is 10.4. The van der Waals surface area contributed by atoms with E-state index in [0.29, 0.717) is 6.42 Å². The van der Waals surface area contributed by atoms with Gasteiger partial charge >= 0.3 is 93.3 Å². The van der Waals surface area contributed by atoms with Gasteiger partial charge in [0.05, 0.1) is 0 Å². The summed E-state index contributed by atoms with van der Waals surface area (Å²) in [6.07, 6.45) is 5.72. The third-order valence-corrected chi connectivity index (χ3v) is 7.39. The Bertz CT molecular complexity index is 345. The Morgan fingerprint density at radius 1 is 1.22 bits per heavy atom. The molecule has 2 nitrogen and oxygen atoms in total. The van der Waals surface area contributed by atoms with E-state index in [9.17, 15) is 4.79 Å². The van der Waals surface area contributed by atoms with E-state index in [1.54, 1.807) is 0 Å². The SMILES string of the molecule is COC(=O)CC1=[C]([Ti+3]([CH3])([CH3])([CH3])[CH3])CC=C1.[Cl-].[Cl-].[Cl-]. The van der Waals surface area contributed by atoms with Gasteiger partial charge in [-0.25, -0.2) is 0 Å². The smallest absolute Gasteiger partial charge is 1.00 e. The molecule has 0 atom stereocenters. The van der Waals surface area contributed by atoms with Gasteiger partial charge in [-0.05, 0) is 0 Å². The molecule has 0 aromatic heterocycles. The fourth-order valence-corrected chi connectivity index (χ4v) is 5.73. The van der Waals surface area contributed by atoms with E-state index in [2.05, 4.69) is 33.1 Å². The van der Waals surface area contributed by atoms with Crippen LogP contribution in [0.4, 0.5) is 0 Å². The van der Waals surface area contributed by atoms with Gasteiger partial charge in [-0.3, -0.25) is 0 Å². The van der Waals surface area contributed by atoms with E-state index < -0.39 is 15.3 Å². The predicted octanol–water partition coefficient (Wildman–Crippen LogP) is -5.34. The molecule has 0 N–H and O–H groups in total. The summed E-state index contributed by atoms with van der Waals surface area (Å²) in [6, 6.07) is 0. The van der Waals surface area contributed by atoms with Gasteiger partial charge in [0, 0.05) is 0 Å². The van der Waals surface area contributed by atoms with Crippen LogP contribution in [0.25, 0.3) is 0 Å². The number of hydrogen-bond donors (Lipinski definition) is 0. The van der Waals surface area contributed by atoms with Crippen LogP contribution in [0.1, 0.15) is 12.8 Å².